The molecule has 1 heterocycles. The van der Waals surface area contributed by atoms with Crippen molar-refractivity contribution < 1.29 is 18.3 Å². The summed E-state index contributed by atoms with van der Waals surface area (Å²) in [6.07, 6.45) is 0.931. The molecule has 2 rings (SSSR count). The van der Waals surface area contributed by atoms with Crippen molar-refractivity contribution in [1.29, 1.82) is 0 Å². The Balaban J connectivity index is 2.07. The molecular formula is C14H17BrF2N2O2. The number of halogens is 3. The number of hydrogen-bond donors (Lipinski definition) is 2. The van der Waals surface area contributed by atoms with Gasteiger partial charge in [0.15, 0.2) is 11.6 Å². The molecule has 116 valence electrons. The van der Waals surface area contributed by atoms with Crippen LogP contribution in [0.1, 0.15) is 13.3 Å². The first kappa shape index (κ1) is 16.3. The van der Waals surface area contributed by atoms with Crippen LogP contribution >= 0.6 is 15.9 Å². The average Bonchev–Trinajstić information content (AvgIpc) is 2.88. The minimum Gasteiger partial charge on any atom is -0.379 e. The summed E-state index contributed by atoms with van der Waals surface area (Å²) < 4.78 is 33.0. The fourth-order valence-corrected chi connectivity index (χ4v) is 2.62. The number of nitrogens with one attached hydrogen (secondary N) is 2. The molecule has 0 radical (unpaired) electrons. The summed E-state index contributed by atoms with van der Waals surface area (Å²) in [6.45, 7) is 3.44. The van der Waals surface area contributed by atoms with Crippen LogP contribution in [0.5, 0.6) is 0 Å². The van der Waals surface area contributed by atoms with Crippen molar-refractivity contribution in [2.45, 2.75) is 19.4 Å². The van der Waals surface area contributed by atoms with Crippen LogP contribution in [0.25, 0.3) is 0 Å². The van der Waals surface area contributed by atoms with Crippen LogP contribution in [0.3, 0.4) is 0 Å². The van der Waals surface area contributed by atoms with Crippen molar-refractivity contribution in [2.75, 3.05) is 25.1 Å². The molecule has 2 unspecified atom stereocenters. The summed E-state index contributed by atoms with van der Waals surface area (Å²) in [7, 11) is 0. The van der Waals surface area contributed by atoms with Gasteiger partial charge in [-0.25, -0.2) is 8.78 Å². The van der Waals surface area contributed by atoms with E-state index >= 15 is 0 Å². The topological polar surface area (TPSA) is 50.4 Å². The standard InChI is InChI=1S/C14H17BrF2N2O2/c1-2-3-18-12-7-21-6-9(12)14(20)19-13-10(16)4-8(15)5-11(13)17/h4-5,9,12,18H,2-3,6-7H2,1H3,(H,19,20). The van der Waals surface area contributed by atoms with Crippen molar-refractivity contribution in [1.82, 2.24) is 5.32 Å². The molecule has 21 heavy (non-hydrogen) atoms. The molecule has 1 aliphatic rings. The van der Waals surface area contributed by atoms with Gasteiger partial charge in [0.05, 0.1) is 19.1 Å². The molecule has 1 saturated heterocycles. The molecule has 2 atom stereocenters. The number of carbonyl (C=O) groups is 1. The fraction of sp³-hybridized carbons (Fsp3) is 0.500. The van der Waals surface area contributed by atoms with E-state index in [0.717, 1.165) is 25.1 Å². The lowest BCUT2D eigenvalue weighted by Crippen LogP contribution is -2.42. The van der Waals surface area contributed by atoms with Crippen LogP contribution in [0.4, 0.5) is 14.5 Å². The molecule has 7 heteroatoms. The lowest BCUT2D eigenvalue weighted by molar-refractivity contribution is -0.120. The average molecular weight is 363 g/mol. The molecule has 0 saturated carbocycles. The lowest BCUT2D eigenvalue weighted by atomic mass is 10.0. The highest BCUT2D eigenvalue weighted by Crippen LogP contribution is 2.25. The highest BCUT2D eigenvalue weighted by molar-refractivity contribution is 9.10. The number of ether oxygens (including phenoxy) is 1. The van der Waals surface area contributed by atoms with Crippen molar-refractivity contribution in [3.8, 4) is 0 Å². The Morgan fingerprint density at radius 1 is 1.38 bits per heavy atom. The van der Waals surface area contributed by atoms with Crippen molar-refractivity contribution >= 4 is 27.5 Å². The molecule has 0 aromatic heterocycles. The molecule has 1 aromatic rings. The van der Waals surface area contributed by atoms with Crippen LogP contribution in [0.2, 0.25) is 0 Å². The molecule has 1 fully saturated rings. The third kappa shape index (κ3) is 3.99. The molecule has 0 bridgehead atoms. The Labute approximate surface area is 130 Å². The van der Waals surface area contributed by atoms with E-state index < -0.39 is 29.1 Å². The number of anilines is 1. The summed E-state index contributed by atoms with van der Waals surface area (Å²) >= 11 is 2.99. The second-order valence-corrected chi connectivity index (χ2v) is 5.85. The fourth-order valence-electron chi connectivity index (χ4n) is 2.22. The Morgan fingerprint density at radius 2 is 2.05 bits per heavy atom. The van der Waals surface area contributed by atoms with Gasteiger partial charge < -0.3 is 15.4 Å². The summed E-state index contributed by atoms with van der Waals surface area (Å²) in [6, 6.07) is 2.08. The van der Waals surface area contributed by atoms with Crippen LogP contribution in [0.15, 0.2) is 16.6 Å². The van der Waals surface area contributed by atoms with Gasteiger partial charge in [0.25, 0.3) is 0 Å². The number of rotatable bonds is 5. The summed E-state index contributed by atoms with van der Waals surface area (Å²) in [5, 5.41) is 5.53. The van der Waals surface area contributed by atoms with Crippen molar-refractivity contribution in [3.63, 3.8) is 0 Å². The van der Waals surface area contributed by atoms with Crippen molar-refractivity contribution in [2.24, 2.45) is 5.92 Å². The molecular weight excluding hydrogens is 346 g/mol. The van der Waals surface area contributed by atoms with Gasteiger partial charge in [0, 0.05) is 10.5 Å². The van der Waals surface area contributed by atoms with Gasteiger partial charge in [-0.1, -0.05) is 22.9 Å². The molecule has 0 aliphatic carbocycles. The number of hydrogen-bond acceptors (Lipinski definition) is 3. The molecule has 2 N–H and O–H groups in total. The van der Waals surface area contributed by atoms with Crippen LogP contribution in [0, 0.1) is 17.6 Å². The third-order valence-corrected chi connectivity index (χ3v) is 3.79. The zero-order valence-electron chi connectivity index (χ0n) is 11.6. The lowest BCUT2D eigenvalue weighted by Gasteiger charge is -2.18. The SMILES string of the molecule is CCCNC1COCC1C(=O)Nc1c(F)cc(Br)cc1F. The van der Waals surface area contributed by atoms with E-state index in [9.17, 15) is 13.6 Å². The zero-order chi connectivity index (χ0) is 15.4. The van der Waals surface area contributed by atoms with E-state index in [4.69, 9.17) is 4.74 Å². The highest BCUT2D eigenvalue weighted by atomic mass is 79.9. The number of benzene rings is 1. The molecule has 1 aromatic carbocycles. The smallest absolute Gasteiger partial charge is 0.231 e. The minimum absolute atomic E-state index is 0.133. The largest absolute Gasteiger partial charge is 0.379 e. The van der Waals surface area contributed by atoms with Gasteiger partial charge in [0.2, 0.25) is 5.91 Å². The van der Waals surface area contributed by atoms with Gasteiger partial charge in [-0.2, -0.15) is 0 Å². The number of carbonyl (C=O) groups excluding carboxylic acids is 1. The van der Waals surface area contributed by atoms with E-state index in [1.54, 1.807) is 0 Å². The predicted molar refractivity (Wildman–Crippen MR) is 79.1 cm³/mol. The molecule has 1 aliphatic heterocycles. The summed E-state index contributed by atoms with van der Waals surface area (Å²) in [5.74, 6) is -2.53. The predicted octanol–water partition coefficient (Wildman–Crippen LogP) is 2.68. The zero-order valence-corrected chi connectivity index (χ0v) is 13.2. The van der Waals surface area contributed by atoms with E-state index in [-0.39, 0.29) is 17.1 Å². The third-order valence-electron chi connectivity index (χ3n) is 3.33. The van der Waals surface area contributed by atoms with Gasteiger partial charge in [0.1, 0.15) is 5.69 Å². The second kappa shape index (κ2) is 7.29. The maximum absolute atomic E-state index is 13.7. The maximum Gasteiger partial charge on any atom is 0.231 e. The molecule has 1 amide bonds. The quantitative estimate of drug-likeness (QED) is 0.846. The minimum atomic E-state index is -0.813. The maximum atomic E-state index is 13.7. The Hall–Kier alpha value is -1.05. The van der Waals surface area contributed by atoms with E-state index in [2.05, 4.69) is 26.6 Å². The summed E-state index contributed by atoms with van der Waals surface area (Å²) in [4.78, 5) is 12.2. The van der Waals surface area contributed by atoms with E-state index in [1.165, 1.54) is 0 Å². The Morgan fingerprint density at radius 3 is 2.67 bits per heavy atom. The summed E-state index contributed by atoms with van der Waals surface area (Å²) in [5.41, 5.74) is -0.427. The van der Waals surface area contributed by atoms with E-state index in [1.807, 2.05) is 6.92 Å². The van der Waals surface area contributed by atoms with Crippen LogP contribution in [-0.4, -0.2) is 31.7 Å². The van der Waals surface area contributed by atoms with Gasteiger partial charge in [-0.05, 0) is 25.1 Å². The van der Waals surface area contributed by atoms with Gasteiger partial charge in [-0.3, -0.25) is 4.79 Å². The van der Waals surface area contributed by atoms with Crippen LogP contribution < -0.4 is 10.6 Å². The highest BCUT2D eigenvalue weighted by Gasteiger charge is 2.34. The first-order valence-corrected chi connectivity index (χ1v) is 7.58. The van der Waals surface area contributed by atoms with Crippen molar-refractivity contribution in [3.05, 3.63) is 28.2 Å². The molecule has 0 spiro atoms. The first-order valence-electron chi connectivity index (χ1n) is 6.79. The normalized spacial score (nSPS) is 21.5. The number of amides is 1. The Kier molecular flexibility index (Phi) is 5.66. The monoisotopic (exact) mass is 362 g/mol. The van der Waals surface area contributed by atoms with Gasteiger partial charge in [-0.15, -0.1) is 0 Å². The van der Waals surface area contributed by atoms with Crippen LogP contribution in [-0.2, 0) is 9.53 Å². The molecule has 4 nitrogen and oxygen atoms in total. The van der Waals surface area contributed by atoms with Gasteiger partial charge >= 0.3 is 0 Å². The van der Waals surface area contributed by atoms with E-state index in [0.29, 0.717) is 6.61 Å². The Bertz CT molecular complexity index is 505. The first-order chi connectivity index (χ1) is 10.0. The second-order valence-electron chi connectivity index (χ2n) is 4.94.